The van der Waals surface area contributed by atoms with E-state index in [1.54, 1.807) is 61.7 Å². The fourth-order valence-electron chi connectivity index (χ4n) is 4.12. The number of thioether (sulfide) groups is 1. The summed E-state index contributed by atoms with van der Waals surface area (Å²) < 4.78 is 5.30. The first-order valence-corrected chi connectivity index (χ1v) is 14.4. The van der Waals surface area contributed by atoms with Crippen LogP contribution >= 0.6 is 11.8 Å². The zero-order valence-electron chi connectivity index (χ0n) is 23.7. The van der Waals surface area contributed by atoms with Gasteiger partial charge in [0.25, 0.3) is 11.8 Å². The number of nitrogens with one attached hydrogen (secondary N) is 3. The van der Waals surface area contributed by atoms with E-state index >= 15 is 0 Å². The maximum absolute atomic E-state index is 13.5. The van der Waals surface area contributed by atoms with Crippen LogP contribution in [0.15, 0.2) is 114 Å². The topological polar surface area (TPSA) is 96.5 Å². The van der Waals surface area contributed by atoms with Crippen molar-refractivity contribution in [3.05, 3.63) is 126 Å². The zero-order chi connectivity index (χ0) is 29.9. The highest BCUT2D eigenvalue weighted by atomic mass is 32.2. The Labute approximate surface area is 250 Å². The number of hydrogen-bond acceptors (Lipinski definition) is 5. The van der Waals surface area contributed by atoms with E-state index in [2.05, 4.69) is 16.0 Å². The average Bonchev–Trinajstić information content (AvgIpc) is 3.00. The molecule has 4 aromatic rings. The normalized spacial score (nSPS) is 11.7. The fourth-order valence-corrected chi connectivity index (χ4v) is 5.13. The molecular weight excluding hydrogens is 546 g/mol. The van der Waals surface area contributed by atoms with Crippen molar-refractivity contribution >= 4 is 46.9 Å². The van der Waals surface area contributed by atoms with Crippen LogP contribution < -0.4 is 20.7 Å². The number of methoxy groups -OCH3 is 1. The van der Waals surface area contributed by atoms with E-state index in [1.165, 1.54) is 11.8 Å². The second-order valence-electron chi connectivity index (χ2n) is 9.51. The largest absolute Gasteiger partial charge is 0.497 e. The molecular formula is C34H33N3O4S. The van der Waals surface area contributed by atoms with Crippen molar-refractivity contribution in [1.82, 2.24) is 5.32 Å². The highest BCUT2D eigenvalue weighted by molar-refractivity contribution is 8.00. The van der Waals surface area contributed by atoms with E-state index in [0.717, 1.165) is 16.1 Å². The van der Waals surface area contributed by atoms with Gasteiger partial charge in [0, 0.05) is 21.8 Å². The van der Waals surface area contributed by atoms with Crippen molar-refractivity contribution in [2.75, 3.05) is 17.7 Å². The van der Waals surface area contributed by atoms with Crippen molar-refractivity contribution in [3.63, 3.8) is 0 Å². The minimum absolute atomic E-state index is 0.0686. The SMILES string of the molecule is CCC(Sc1cccc(NC(=O)/C(=C/c2cccc(OC)c2)NC(=O)c2ccccc2)c1)C(=O)Nc1cccc(C)c1. The summed E-state index contributed by atoms with van der Waals surface area (Å²) in [5, 5.41) is 8.30. The van der Waals surface area contributed by atoms with Crippen LogP contribution in [-0.2, 0) is 9.59 Å². The third-order valence-corrected chi connectivity index (χ3v) is 7.61. The second-order valence-corrected chi connectivity index (χ2v) is 10.8. The molecule has 1 unspecified atom stereocenters. The minimum atomic E-state index is -0.492. The molecule has 0 aliphatic carbocycles. The van der Waals surface area contributed by atoms with Gasteiger partial charge in [-0.1, -0.05) is 55.5 Å². The molecule has 4 aromatic carbocycles. The molecule has 1 atom stereocenters. The van der Waals surface area contributed by atoms with Crippen molar-refractivity contribution in [3.8, 4) is 5.75 Å². The summed E-state index contributed by atoms with van der Waals surface area (Å²) in [7, 11) is 1.56. The Morgan fingerprint density at radius 1 is 0.833 bits per heavy atom. The van der Waals surface area contributed by atoms with E-state index in [0.29, 0.717) is 29.0 Å². The van der Waals surface area contributed by atoms with Crippen LogP contribution in [0.1, 0.15) is 34.8 Å². The van der Waals surface area contributed by atoms with Crippen LogP contribution in [0.25, 0.3) is 6.08 Å². The average molecular weight is 580 g/mol. The molecule has 3 amide bonds. The number of carbonyl (C=O) groups excluding carboxylic acids is 3. The molecule has 0 aromatic heterocycles. The third-order valence-electron chi connectivity index (χ3n) is 6.25. The lowest BCUT2D eigenvalue weighted by molar-refractivity contribution is -0.116. The van der Waals surface area contributed by atoms with Crippen molar-refractivity contribution < 1.29 is 19.1 Å². The van der Waals surface area contributed by atoms with Crippen molar-refractivity contribution in [2.45, 2.75) is 30.4 Å². The van der Waals surface area contributed by atoms with Crippen LogP contribution in [0.4, 0.5) is 11.4 Å². The first kappa shape index (κ1) is 30.1. The molecule has 0 spiro atoms. The lowest BCUT2D eigenvalue weighted by Gasteiger charge is -2.16. The van der Waals surface area contributed by atoms with E-state index in [-0.39, 0.29) is 16.9 Å². The number of rotatable bonds is 11. The van der Waals surface area contributed by atoms with Gasteiger partial charge in [-0.2, -0.15) is 0 Å². The second kappa shape index (κ2) is 14.7. The van der Waals surface area contributed by atoms with E-state index < -0.39 is 11.8 Å². The Balaban J connectivity index is 1.51. The van der Waals surface area contributed by atoms with Crippen LogP contribution in [0.2, 0.25) is 0 Å². The van der Waals surface area contributed by atoms with Crippen LogP contribution in [0, 0.1) is 6.92 Å². The summed E-state index contributed by atoms with van der Waals surface area (Å²) in [6.45, 7) is 3.94. The van der Waals surface area contributed by atoms with E-state index in [4.69, 9.17) is 4.74 Å². The highest BCUT2D eigenvalue weighted by Crippen LogP contribution is 2.29. The Kier molecular flexibility index (Phi) is 10.6. The monoisotopic (exact) mass is 579 g/mol. The number of aryl methyl sites for hydroxylation is 1. The summed E-state index contributed by atoms with van der Waals surface area (Å²) in [4.78, 5) is 40.2. The van der Waals surface area contributed by atoms with Gasteiger partial charge in [-0.15, -0.1) is 11.8 Å². The lowest BCUT2D eigenvalue weighted by Crippen LogP contribution is -2.30. The summed E-state index contributed by atoms with van der Waals surface area (Å²) in [5.74, 6) is -0.364. The predicted octanol–water partition coefficient (Wildman–Crippen LogP) is 6.92. The van der Waals surface area contributed by atoms with Gasteiger partial charge in [0.05, 0.1) is 12.4 Å². The van der Waals surface area contributed by atoms with Gasteiger partial charge in [0.15, 0.2) is 0 Å². The standard InChI is InChI=1S/C34H33N3O4S/c1-4-31(34(40)36-26-15-8-11-23(2)19-26)42-29-18-10-16-27(22-29)35-33(39)30(21-24-12-9-17-28(20-24)41-3)37-32(38)25-13-6-5-7-14-25/h5-22,31H,4H2,1-3H3,(H,35,39)(H,36,40)(H,37,38)/b30-21-. The lowest BCUT2D eigenvalue weighted by atomic mass is 10.1. The molecule has 0 saturated carbocycles. The smallest absolute Gasteiger partial charge is 0.272 e. The molecule has 42 heavy (non-hydrogen) atoms. The summed E-state index contributed by atoms with van der Waals surface area (Å²) >= 11 is 1.42. The summed E-state index contributed by atoms with van der Waals surface area (Å²) in [6.07, 6.45) is 2.22. The number of anilines is 2. The quantitative estimate of drug-likeness (QED) is 0.132. The minimum Gasteiger partial charge on any atom is -0.497 e. The Bertz CT molecular complexity index is 1590. The van der Waals surface area contributed by atoms with Gasteiger partial charge in [-0.05, 0) is 85.1 Å². The fraction of sp³-hybridized carbons (Fsp3) is 0.147. The van der Waals surface area contributed by atoms with Gasteiger partial charge < -0.3 is 20.7 Å². The van der Waals surface area contributed by atoms with Gasteiger partial charge in [0.1, 0.15) is 11.4 Å². The van der Waals surface area contributed by atoms with Crippen LogP contribution in [0.3, 0.4) is 0 Å². The summed E-state index contributed by atoms with van der Waals surface area (Å²) in [6, 6.07) is 30.8. The maximum atomic E-state index is 13.5. The summed E-state index contributed by atoms with van der Waals surface area (Å²) in [5.41, 5.74) is 3.53. The van der Waals surface area contributed by atoms with E-state index in [1.807, 2.05) is 68.4 Å². The van der Waals surface area contributed by atoms with Crippen LogP contribution in [-0.4, -0.2) is 30.1 Å². The molecule has 214 valence electrons. The maximum Gasteiger partial charge on any atom is 0.272 e. The molecule has 0 bridgehead atoms. The molecule has 0 heterocycles. The molecule has 0 saturated heterocycles. The number of ether oxygens (including phenoxy) is 1. The Hall–Kier alpha value is -4.82. The van der Waals surface area contributed by atoms with E-state index in [9.17, 15) is 14.4 Å². The molecule has 0 aliphatic heterocycles. The third kappa shape index (κ3) is 8.59. The van der Waals surface area contributed by atoms with Gasteiger partial charge in [-0.3, -0.25) is 14.4 Å². The highest BCUT2D eigenvalue weighted by Gasteiger charge is 2.19. The zero-order valence-corrected chi connectivity index (χ0v) is 24.5. The number of amides is 3. The molecule has 0 radical (unpaired) electrons. The van der Waals surface area contributed by atoms with Crippen molar-refractivity contribution in [1.29, 1.82) is 0 Å². The van der Waals surface area contributed by atoms with Crippen molar-refractivity contribution in [2.24, 2.45) is 0 Å². The first-order chi connectivity index (χ1) is 20.3. The predicted molar refractivity (Wildman–Crippen MR) is 170 cm³/mol. The van der Waals surface area contributed by atoms with Gasteiger partial charge in [0.2, 0.25) is 5.91 Å². The Morgan fingerprint density at radius 2 is 1.55 bits per heavy atom. The molecule has 7 nitrogen and oxygen atoms in total. The molecule has 3 N–H and O–H groups in total. The number of hydrogen-bond donors (Lipinski definition) is 3. The van der Waals surface area contributed by atoms with Gasteiger partial charge >= 0.3 is 0 Å². The number of carbonyl (C=O) groups is 3. The van der Waals surface area contributed by atoms with Crippen LogP contribution in [0.5, 0.6) is 5.75 Å². The molecule has 0 aliphatic rings. The molecule has 0 fully saturated rings. The Morgan fingerprint density at radius 3 is 2.26 bits per heavy atom. The molecule has 4 rings (SSSR count). The first-order valence-electron chi connectivity index (χ1n) is 13.5. The number of benzene rings is 4. The molecule has 8 heteroatoms. The van der Waals surface area contributed by atoms with Gasteiger partial charge in [-0.25, -0.2) is 0 Å².